The van der Waals surface area contributed by atoms with E-state index in [1.807, 2.05) is 0 Å². The molecule has 0 radical (unpaired) electrons. The van der Waals surface area contributed by atoms with Gasteiger partial charge >= 0.3 is 0 Å². The second-order valence-corrected chi connectivity index (χ2v) is 7.15. The van der Waals surface area contributed by atoms with Crippen LogP contribution in [0, 0.1) is 13.8 Å². The summed E-state index contributed by atoms with van der Waals surface area (Å²) >= 11 is 3.70. The number of likely N-dealkylation sites (tertiary alicyclic amines) is 1. The van der Waals surface area contributed by atoms with Crippen LogP contribution in [-0.4, -0.2) is 29.6 Å². The summed E-state index contributed by atoms with van der Waals surface area (Å²) in [4.78, 5) is 2.69. The van der Waals surface area contributed by atoms with Crippen LogP contribution in [0.5, 0.6) is 0 Å². The number of nitrogens with one attached hydrogen (secondary N) is 1. The maximum absolute atomic E-state index is 3.76. The molecule has 19 heavy (non-hydrogen) atoms. The standard InChI is InChI=1S/C16H23BrN2/c1-10-6-11(2)16(15(17)7-10)18-13-8-12(3)19(9-13)14-4-5-14/h6-7,12-14,18H,4-5,8-9H2,1-3H3. The average molecular weight is 323 g/mol. The van der Waals surface area contributed by atoms with Gasteiger partial charge < -0.3 is 5.32 Å². The van der Waals surface area contributed by atoms with Crippen molar-refractivity contribution in [1.82, 2.24) is 4.90 Å². The van der Waals surface area contributed by atoms with Crippen LogP contribution < -0.4 is 5.32 Å². The van der Waals surface area contributed by atoms with Gasteiger partial charge in [0.25, 0.3) is 0 Å². The molecule has 1 aromatic rings. The van der Waals surface area contributed by atoms with E-state index in [1.165, 1.54) is 47.1 Å². The third-order valence-electron chi connectivity index (χ3n) is 4.42. The molecule has 0 aromatic heterocycles. The van der Waals surface area contributed by atoms with E-state index in [9.17, 15) is 0 Å². The van der Waals surface area contributed by atoms with Crippen molar-refractivity contribution in [3.05, 3.63) is 27.7 Å². The van der Waals surface area contributed by atoms with E-state index in [-0.39, 0.29) is 0 Å². The Kier molecular flexibility index (Phi) is 3.61. The van der Waals surface area contributed by atoms with E-state index in [1.54, 1.807) is 0 Å². The van der Waals surface area contributed by atoms with Crippen LogP contribution in [0.15, 0.2) is 16.6 Å². The first-order valence-corrected chi connectivity index (χ1v) is 8.13. The molecule has 3 heteroatoms. The molecule has 3 rings (SSSR count). The Labute approximate surface area is 124 Å². The zero-order valence-corrected chi connectivity index (χ0v) is 13.6. The summed E-state index contributed by atoms with van der Waals surface area (Å²) < 4.78 is 1.20. The molecule has 1 aromatic carbocycles. The lowest BCUT2D eigenvalue weighted by molar-refractivity contribution is 0.257. The van der Waals surface area contributed by atoms with Crippen LogP contribution in [0.3, 0.4) is 0 Å². The Morgan fingerprint density at radius 3 is 2.63 bits per heavy atom. The number of nitrogens with zero attached hydrogens (tertiary/aromatic N) is 1. The van der Waals surface area contributed by atoms with E-state index >= 15 is 0 Å². The van der Waals surface area contributed by atoms with Gasteiger partial charge in [-0.2, -0.15) is 0 Å². The third-order valence-corrected chi connectivity index (χ3v) is 5.04. The average Bonchev–Trinajstić information content (AvgIpc) is 3.09. The SMILES string of the molecule is Cc1cc(C)c(NC2CC(C)N(C3CC3)C2)c(Br)c1. The van der Waals surface area contributed by atoms with Gasteiger partial charge in [0.2, 0.25) is 0 Å². The fraction of sp³-hybridized carbons (Fsp3) is 0.625. The highest BCUT2D eigenvalue weighted by Gasteiger charge is 2.38. The molecule has 2 aliphatic rings. The van der Waals surface area contributed by atoms with Crippen LogP contribution in [0.25, 0.3) is 0 Å². The van der Waals surface area contributed by atoms with E-state index < -0.39 is 0 Å². The summed E-state index contributed by atoms with van der Waals surface area (Å²) in [5.74, 6) is 0. The fourth-order valence-electron chi connectivity index (χ4n) is 3.38. The van der Waals surface area contributed by atoms with Crippen molar-refractivity contribution in [3.63, 3.8) is 0 Å². The molecule has 1 heterocycles. The molecule has 0 spiro atoms. The quantitative estimate of drug-likeness (QED) is 0.901. The van der Waals surface area contributed by atoms with Gasteiger partial charge in [-0.05, 0) is 73.2 Å². The Hall–Kier alpha value is -0.540. The Bertz CT molecular complexity index is 459. The van der Waals surface area contributed by atoms with Crippen molar-refractivity contribution < 1.29 is 0 Å². The zero-order chi connectivity index (χ0) is 13.6. The van der Waals surface area contributed by atoms with Crippen LogP contribution >= 0.6 is 15.9 Å². The maximum atomic E-state index is 3.76. The second kappa shape index (κ2) is 5.10. The van der Waals surface area contributed by atoms with Gasteiger partial charge in [0, 0.05) is 29.1 Å². The lowest BCUT2D eigenvalue weighted by Crippen LogP contribution is -2.31. The number of anilines is 1. The summed E-state index contributed by atoms with van der Waals surface area (Å²) in [7, 11) is 0. The third kappa shape index (κ3) is 2.82. The molecule has 2 atom stereocenters. The maximum Gasteiger partial charge on any atom is 0.0517 e. The van der Waals surface area contributed by atoms with Crippen molar-refractivity contribution in [2.75, 3.05) is 11.9 Å². The Balaban J connectivity index is 1.72. The molecule has 0 amide bonds. The van der Waals surface area contributed by atoms with Gasteiger partial charge in [-0.3, -0.25) is 4.90 Å². The van der Waals surface area contributed by atoms with Gasteiger partial charge in [0.05, 0.1) is 5.69 Å². The number of aryl methyl sites for hydroxylation is 2. The number of rotatable bonds is 3. The highest BCUT2D eigenvalue weighted by molar-refractivity contribution is 9.10. The summed E-state index contributed by atoms with van der Waals surface area (Å²) in [5.41, 5.74) is 3.93. The predicted molar refractivity (Wildman–Crippen MR) is 84.8 cm³/mol. The topological polar surface area (TPSA) is 15.3 Å². The van der Waals surface area contributed by atoms with Crippen molar-refractivity contribution >= 4 is 21.6 Å². The molecular weight excluding hydrogens is 300 g/mol. The van der Waals surface area contributed by atoms with Crippen LogP contribution in [0.4, 0.5) is 5.69 Å². The predicted octanol–water partition coefficient (Wildman–Crippen LogP) is 4.10. The van der Waals surface area contributed by atoms with Crippen LogP contribution in [0.2, 0.25) is 0 Å². The van der Waals surface area contributed by atoms with Crippen LogP contribution in [0.1, 0.15) is 37.3 Å². The zero-order valence-electron chi connectivity index (χ0n) is 12.0. The Morgan fingerprint density at radius 1 is 1.26 bits per heavy atom. The molecule has 2 nitrogen and oxygen atoms in total. The summed E-state index contributed by atoms with van der Waals surface area (Å²) in [6.07, 6.45) is 4.07. The molecule has 1 aliphatic heterocycles. The minimum atomic E-state index is 0.591. The van der Waals surface area contributed by atoms with E-state index in [0.717, 1.165) is 12.1 Å². The molecule has 0 bridgehead atoms. The van der Waals surface area contributed by atoms with Crippen molar-refractivity contribution in [1.29, 1.82) is 0 Å². The first-order chi connectivity index (χ1) is 9.04. The van der Waals surface area contributed by atoms with Crippen molar-refractivity contribution in [2.45, 2.75) is 58.2 Å². The lowest BCUT2D eigenvalue weighted by atomic mass is 10.1. The molecule has 104 valence electrons. The fourth-order valence-corrected chi connectivity index (χ4v) is 4.17. The van der Waals surface area contributed by atoms with E-state index in [0.29, 0.717) is 6.04 Å². The molecule has 2 fully saturated rings. The van der Waals surface area contributed by atoms with Gasteiger partial charge in [0.15, 0.2) is 0 Å². The number of halogens is 1. The second-order valence-electron chi connectivity index (χ2n) is 6.29. The summed E-state index contributed by atoms with van der Waals surface area (Å²) in [6.45, 7) is 7.91. The molecule has 1 N–H and O–H groups in total. The normalized spacial score (nSPS) is 27.8. The number of benzene rings is 1. The molecule has 2 unspecified atom stereocenters. The molecule has 1 saturated heterocycles. The number of hydrogen-bond donors (Lipinski definition) is 1. The molecule has 1 aliphatic carbocycles. The first-order valence-electron chi connectivity index (χ1n) is 7.33. The first kappa shape index (κ1) is 13.4. The van der Waals surface area contributed by atoms with Gasteiger partial charge in [-0.1, -0.05) is 6.07 Å². The minimum absolute atomic E-state index is 0.591. The largest absolute Gasteiger partial charge is 0.380 e. The Morgan fingerprint density at radius 2 is 2.00 bits per heavy atom. The molecular formula is C16H23BrN2. The van der Waals surface area contributed by atoms with E-state index in [4.69, 9.17) is 0 Å². The minimum Gasteiger partial charge on any atom is -0.380 e. The number of hydrogen-bond acceptors (Lipinski definition) is 2. The highest BCUT2D eigenvalue weighted by atomic mass is 79.9. The monoisotopic (exact) mass is 322 g/mol. The molecule has 1 saturated carbocycles. The lowest BCUT2D eigenvalue weighted by Gasteiger charge is -2.20. The van der Waals surface area contributed by atoms with Crippen LogP contribution in [-0.2, 0) is 0 Å². The highest BCUT2D eigenvalue weighted by Crippen LogP contribution is 2.35. The van der Waals surface area contributed by atoms with Crippen molar-refractivity contribution in [2.24, 2.45) is 0 Å². The van der Waals surface area contributed by atoms with Crippen molar-refractivity contribution in [3.8, 4) is 0 Å². The van der Waals surface area contributed by atoms with E-state index in [2.05, 4.69) is 59.1 Å². The van der Waals surface area contributed by atoms with Gasteiger partial charge in [-0.15, -0.1) is 0 Å². The summed E-state index contributed by atoms with van der Waals surface area (Å²) in [5, 5.41) is 3.76. The summed E-state index contributed by atoms with van der Waals surface area (Å²) in [6, 6.07) is 6.66. The smallest absolute Gasteiger partial charge is 0.0517 e. The van der Waals surface area contributed by atoms with Gasteiger partial charge in [0.1, 0.15) is 0 Å². The van der Waals surface area contributed by atoms with Gasteiger partial charge in [-0.25, -0.2) is 0 Å².